The van der Waals surface area contributed by atoms with Crippen LogP contribution < -0.4 is 10.3 Å². The largest absolute Gasteiger partial charge is 0.354 e. The number of aromatic nitrogens is 2. The van der Waals surface area contributed by atoms with E-state index in [0.717, 1.165) is 44.4 Å². The van der Waals surface area contributed by atoms with Crippen LogP contribution in [0.25, 0.3) is 0 Å². The van der Waals surface area contributed by atoms with E-state index in [2.05, 4.69) is 47.1 Å². The van der Waals surface area contributed by atoms with E-state index < -0.39 is 0 Å². The molecule has 7 nitrogen and oxygen atoms in total. The smallest absolute Gasteiger partial charge is 0.136 e. The van der Waals surface area contributed by atoms with Gasteiger partial charge in [-0.05, 0) is 32.2 Å². The molecule has 0 radical (unpaired) electrons. The molecule has 1 saturated carbocycles. The summed E-state index contributed by atoms with van der Waals surface area (Å²) >= 11 is 0. The van der Waals surface area contributed by atoms with Crippen molar-refractivity contribution >= 4 is 12.2 Å². The van der Waals surface area contributed by atoms with Gasteiger partial charge in [-0.25, -0.2) is 15.0 Å². The zero-order chi connectivity index (χ0) is 21.0. The fourth-order valence-corrected chi connectivity index (χ4v) is 4.13. The van der Waals surface area contributed by atoms with Crippen molar-refractivity contribution in [3.63, 3.8) is 0 Å². The second kappa shape index (κ2) is 9.33. The number of nitrogens with one attached hydrogen (secondary N) is 1. The molecule has 0 atom stereocenters. The van der Waals surface area contributed by atoms with Gasteiger partial charge >= 0.3 is 0 Å². The van der Waals surface area contributed by atoms with Crippen LogP contribution in [0.4, 0.5) is 5.82 Å². The van der Waals surface area contributed by atoms with Crippen LogP contribution in [-0.2, 0) is 5.41 Å². The van der Waals surface area contributed by atoms with E-state index in [0.29, 0.717) is 5.92 Å². The molecule has 0 spiro atoms. The van der Waals surface area contributed by atoms with Crippen LogP contribution in [-0.4, -0.2) is 65.5 Å². The summed E-state index contributed by atoms with van der Waals surface area (Å²) in [7, 11) is 0. The molecule has 0 bridgehead atoms. The fraction of sp³-hybridized carbons (Fsp3) is 0.696. The minimum atomic E-state index is -0.0138. The van der Waals surface area contributed by atoms with Crippen molar-refractivity contribution in [2.24, 2.45) is 4.99 Å². The first-order valence-corrected chi connectivity index (χ1v) is 11.6. The Kier molecular flexibility index (Phi) is 6.56. The Balaban J connectivity index is 1.28. The monoisotopic (exact) mass is 411 g/mol. The molecule has 0 amide bonds. The molecule has 1 aliphatic carbocycles. The molecule has 164 valence electrons. The predicted molar refractivity (Wildman–Crippen MR) is 123 cm³/mol. The Morgan fingerprint density at radius 2 is 1.80 bits per heavy atom. The summed E-state index contributed by atoms with van der Waals surface area (Å²) in [5.74, 6) is 2.78. The molecule has 0 aromatic carbocycles. The van der Waals surface area contributed by atoms with Gasteiger partial charge in [0.25, 0.3) is 0 Å². The van der Waals surface area contributed by atoms with Gasteiger partial charge in [-0.3, -0.25) is 9.91 Å². The van der Waals surface area contributed by atoms with Gasteiger partial charge in [0.15, 0.2) is 0 Å². The molecule has 2 aliphatic heterocycles. The number of nitrogens with zero attached hydrogens (tertiary/aromatic N) is 6. The average molecular weight is 412 g/mol. The van der Waals surface area contributed by atoms with E-state index in [9.17, 15) is 0 Å². The standard InChI is InChI=1S/C23H37N7/c1-23(2,3)22-26-20(19-7-6-8-19)17-21(27-22)29-15-13-28(14-16-29)11-4-5-12-30-18-24-9-10-25-30/h9-10,17-19,25H,4-8,11-16H2,1-3H3. The normalized spacial score (nSPS) is 20.4. The first kappa shape index (κ1) is 21.1. The predicted octanol–water partition coefficient (Wildman–Crippen LogP) is 3.26. The molecular formula is C23H37N7. The molecular weight excluding hydrogens is 374 g/mol. The Morgan fingerprint density at radius 1 is 1.03 bits per heavy atom. The van der Waals surface area contributed by atoms with Crippen molar-refractivity contribution in [3.05, 3.63) is 30.0 Å². The lowest BCUT2D eigenvalue weighted by molar-refractivity contribution is 0.246. The summed E-state index contributed by atoms with van der Waals surface area (Å²) in [6.45, 7) is 13.1. The van der Waals surface area contributed by atoms with Crippen LogP contribution in [0, 0.1) is 0 Å². The Morgan fingerprint density at radius 3 is 2.43 bits per heavy atom. The van der Waals surface area contributed by atoms with Gasteiger partial charge in [0.1, 0.15) is 18.0 Å². The van der Waals surface area contributed by atoms with Gasteiger partial charge in [0.2, 0.25) is 0 Å². The van der Waals surface area contributed by atoms with Crippen molar-refractivity contribution < 1.29 is 0 Å². The van der Waals surface area contributed by atoms with E-state index in [1.165, 1.54) is 44.3 Å². The molecule has 1 aromatic heterocycles. The van der Waals surface area contributed by atoms with Gasteiger partial charge in [0.05, 0.1) is 0 Å². The maximum absolute atomic E-state index is 4.99. The molecule has 3 heterocycles. The van der Waals surface area contributed by atoms with E-state index in [1.807, 2.05) is 17.5 Å². The number of unbranched alkanes of at least 4 members (excludes halogenated alkanes) is 1. The van der Waals surface area contributed by atoms with Crippen molar-refractivity contribution in [1.82, 2.24) is 25.3 Å². The van der Waals surface area contributed by atoms with Crippen molar-refractivity contribution in [2.45, 2.75) is 64.2 Å². The van der Waals surface area contributed by atoms with Gasteiger partial charge < -0.3 is 10.3 Å². The maximum Gasteiger partial charge on any atom is 0.136 e. The van der Waals surface area contributed by atoms with Crippen LogP contribution in [0.1, 0.15) is 70.3 Å². The third-order valence-corrected chi connectivity index (χ3v) is 6.35. The minimum absolute atomic E-state index is 0.0138. The first-order valence-electron chi connectivity index (χ1n) is 11.6. The van der Waals surface area contributed by atoms with Crippen LogP contribution in [0.2, 0.25) is 0 Å². The van der Waals surface area contributed by atoms with Gasteiger partial charge in [-0.2, -0.15) is 0 Å². The van der Waals surface area contributed by atoms with Gasteiger partial charge in [-0.1, -0.05) is 27.2 Å². The van der Waals surface area contributed by atoms with Crippen molar-refractivity contribution in [1.29, 1.82) is 0 Å². The van der Waals surface area contributed by atoms with E-state index >= 15 is 0 Å². The zero-order valence-electron chi connectivity index (χ0n) is 18.8. The van der Waals surface area contributed by atoms with Crippen LogP contribution in [0.15, 0.2) is 23.5 Å². The second-order valence-electron chi connectivity index (χ2n) is 9.79. The highest BCUT2D eigenvalue weighted by Gasteiger charge is 2.27. The second-order valence-corrected chi connectivity index (χ2v) is 9.79. The van der Waals surface area contributed by atoms with E-state index in [-0.39, 0.29) is 5.41 Å². The molecule has 30 heavy (non-hydrogen) atoms. The topological polar surface area (TPSA) is 59.9 Å². The van der Waals surface area contributed by atoms with Crippen LogP contribution >= 0.6 is 0 Å². The van der Waals surface area contributed by atoms with Crippen molar-refractivity contribution in [3.8, 4) is 0 Å². The Hall–Kier alpha value is -2.15. The first-order chi connectivity index (χ1) is 14.5. The summed E-state index contributed by atoms with van der Waals surface area (Å²) in [6.07, 6.45) is 11.8. The Labute approximate surface area is 181 Å². The third-order valence-electron chi connectivity index (χ3n) is 6.35. The zero-order valence-corrected chi connectivity index (χ0v) is 18.8. The maximum atomic E-state index is 4.99. The Bertz CT molecular complexity index is 755. The molecule has 0 unspecified atom stereocenters. The quantitative estimate of drug-likeness (QED) is 0.695. The third kappa shape index (κ3) is 5.31. The lowest BCUT2D eigenvalue weighted by Crippen LogP contribution is -2.47. The highest BCUT2D eigenvalue weighted by Crippen LogP contribution is 2.37. The molecule has 7 heteroatoms. The summed E-state index contributed by atoms with van der Waals surface area (Å²) in [6, 6.07) is 2.27. The number of hydrogen-bond acceptors (Lipinski definition) is 7. The summed E-state index contributed by atoms with van der Waals surface area (Å²) in [5.41, 5.74) is 4.44. The molecule has 3 aliphatic rings. The number of hydrogen-bond donors (Lipinski definition) is 1. The lowest BCUT2D eigenvalue weighted by atomic mass is 9.82. The highest BCUT2D eigenvalue weighted by molar-refractivity contribution is 5.56. The number of hydrazine groups is 1. The molecule has 2 fully saturated rings. The van der Waals surface area contributed by atoms with E-state index in [4.69, 9.17) is 9.97 Å². The lowest BCUT2D eigenvalue weighted by Gasteiger charge is -2.36. The number of anilines is 1. The van der Waals surface area contributed by atoms with E-state index in [1.54, 1.807) is 6.20 Å². The average Bonchev–Trinajstić information content (AvgIpc) is 2.70. The molecule has 1 N–H and O–H groups in total. The fourth-order valence-electron chi connectivity index (χ4n) is 4.13. The number of aliphatic imine (C=N–C) groups is 1. The number of piperazine rings is 1. The SMILES string of the molecule is CC(C)(C)c1nc(C2CCC2)cc(N2CCN(CCCCN3C=NC=CN3)CC2)n1. The van der Waals surface area contributed by atoms with Crippen LogP contribution in [0.5, 0.6) is 0 Å². The summed E-state index contributed by atoms with van der Waals surface area (Å²) in [5, 5.41) is 2.04. The summed E-state index contributed by atoms with van der Waals surface area (Å²) in [4.78, 5) is 19.1. The van der Waals surface area contributed by atoms with Gasteiger partial charge in [0, 0.05) is 68.2 Å². The van der Waals surface area contributed by atoms with Gasteiger partial charge in [-0.15, -0.1) is 0 Å². The minimum Gasteiger partial charge on any atom is -0.354 e. The molecule has 1 saturated heterocycles. The highest BCUT2D eigenvalue weighted by atomic mass is 15.5. The molecule has 1 aromatic rings. The molecule has 4 rings (SSSR count). The van der Waals surface area contributed by atoms with Crippen LogP contribution in [0.3, 0.4) is 0 Å². The van der Waals surface area contributed by atoms with Crippen molar-refractivity contribution in [2.75, 3.05) is 44.2 Å². The number of rotatable bonds is 7. The summed E-state index contributed by atoms with van der Waals surface area (Å²) < 4.78 is 0.